The molecule has 0 fully saturated rings. The van der Waals surface area contributed by atoms with Crippen molar-refractivity contribution in [3.63, 3.8) is 0 Å². The van der Waals surface area contributed by atoms with Gasteiger partial charge in [0.2, 0.25) is 0 Å². The molecular weight excluding hydrogens is 180 g/mol. The number of carbonyl (C=O) groups is 1. The molecular formula is C11H22OS. The SMILES string of the molecule is CCCCCCC(CCC=O)SC. The predicted molar refractivity (Wildman–Crippen MR) is 61.4 cm³/mol. The second-order valence-electron chi connectivity index (χ2n) is 3.45. The first-order valence-electron chi connectivity index (χ1n) is 5.31. The molecule has 0 aromatic heterocycles. The Morgan fingerprint density at radius 1 is 1.23 bits per heavy atom. The van der Waals surface area contributed by atoms with E-state index in [1.165, 1.54) is 32.1 Å². The molecule has 0 saturated heterocycles. The smallest absolute Gasteiger partial charge is 0.120 e. The van der Waals surface area contributed by atoms with E-state index in [0.29, 0.717) is 5.25 Å². The summed E-state index contributed by atoms with van der Waals surface area (Å²) in [5, 5.41) is 0.710. The van der Waals surface area contributed by atoms with Crippen LogP contribution in [0.2, 0.25) is 0 Å². The molecule has 0 N–H and O–H groups in total. The van der Waals surface area contributed by atoms with Gasteiger partial charge in [0.15, 0.2) is 0 Å². The van der Waals surface area contributed by atoms with Gasteiger partial charge in [-0.15, -0.1) is 0 Å². The first-order valence-corrected chi connectivity index (χ1v) is 6.60. The number of thioether (sulfide) groups is 1. The average molecular weight is 202 g/mol. The van der Waals surface area contributed by atoms with E-state index in [9.17, 15) is 4.79 Å². The lowest BCUT2D eigenvalue weighted by Crippen LogP contribution is -2.02. The topological polar surface area (TPSA) is 17.1 Å². The van der Waals surface area contributed by atoms with Crippen LogP contribution in [0.1, 0.15) is 51.9 Å². The molecule has 0 aromatic rings. The zero-order chi connectivity index (χ0) is 9.94. The van der Waals surface area contributed by atoms with E-state index in [4.69, 9.17) is 0 Å². The lowest BCUT2D eigenvalue weighted by molar-refractivity contribution is -0.107. The van der Waals surface area contributed by atoms with Crippen molar-refractivity contribution in [2.24, 2.45) is 0 Å². The van der Waals surface area contributed by atoms with Crippen molar-refractivity contribution in [1.29, 1.82) is 0 Å². The monoisotopic (exact) mass is 202 g/mol. The van der Waals surface area contributed by atoms with Gasteiger partial charge in [-0.3, -0.25) is 0 Å². The molecule has 0 aliphatic rings. The Balaban J connectivity index is 3.30. The number of unbranched alkanes of at least 4 members (excludes halogenated alkanes) is 3. The number of hydrogen-bond acceptors (Lipinski definition) is 2. The summed E-state index contributed by atoms with van der Waals surface area (Å²) in [6.07, 6.45) is 11.6. The van der Waals surface area contributed by atoms with E-state index in [2.05, 4.69) is 13.2 Å². The fraction of sp³-hybridized carbons (Fsp3) is 0.909. The predicted octanol–water partition coefficient (Wildman–Crippen LogP) is 3.67. The Bertz CT molecular complexity index is 115. The highest BCUT2D eigenvalue weighted by Gasteiger charge is 2.05. The van der Waals surface area contributed by atoms with E-state index < -0.39 is 0 Å². The molecule has 0 rings (SSSR count). The highest BCUT2D eigenvalue weighted by atomic mass is 32.2. The molecule has 1 atom stereocenters. The van der Waals surface area contributed by atoms with Crippen LogP contribution >= 0.6 is 11.8 Å². The Morgan fingerprint density at radius 3 is 2.54 bits per heavy atom. The largest absolute Gasteiger partial charge is 0.303 e. The fourth-order valence-corrected chi connectivity index (χ4v) is 2.21. The summed E-state index contributed by atoms with van der Waals surface area (Å²) in [5.41, 5.74) is 0. The fourth-order valence-electron chi connectivity index (χ4n) is 1.43. The minimum absolute atomic E-state index is 0.710. The standard InChI is InChI=1S/C11H22OS/c1-3-4-5-6-8-11(13-2)9-7-10-12/h10-11H,3-9H2,1-2H3. The van der Waals surface area contributed by atoms with Crippen molar-refractivity contribution in [3.05, 3.63) is 0 Å². The van der Waals surface area contributed by atoms with Gasteiger partial charge in [0.1, 0.15) is 6.29 Å². The summed E-state index contributed by atoms with van der Waals surface area (Å²) in [4.78, 5) is 10.2. The molecule has 0 heterocycles. The molecule has 0 aliphatic heterocycles. The lowest BCUT2D eigenvalue weighted by Gasteiger charge is -2.11. The third-order valence-corrected chi connectivity index (χ3v) is 3.46. The number of hydrogen-bond donors (Lipinski definition) is 0. The van der Waals surface area contributed by atoms with Gasteiger partial charge in [0.25, 0.3) is 0 Å². The van der Waals surface area contributed by atoms with Crippen LogP contribution in [0.25, 0.3) is 0 Å². The first-order chi connectivity index (χ1) is 6.35. The van der Waals surface area contributed by atoms with Crippen LogP contribution in [0.15, 0.2) is 0 Å². The van der Waals surface area contributed by atoms with Crippen molar-refractivity contribution in [2.75, 3.05) is 6.26 Å². The first kappa shape index (κ1) is 13.0. The highest BCUT2D eigenvalue weighted by Crippen LogP contribution is 2.19. The normalized spacial score (nSPS) is 12.8. The van der Waals surface area contributed by atoms with Crippen LogP contribution in [0.5, 0.6) is 0 Å². The van der Waals surface area contributed by atoms with Crippen molar-refractivity contribution < 1.29 is 4.79 Å². The molecule has 13 heavy (non-hydrogen) atoms. The van der Waals surface area contributed by atoms with E-state index in [1.807, 2.05) is 11.8 Å². The summed E-state index contributed by atoms with van der Waals surface area (Å²) in [6, 6.07) is 0. The molecule has 0 saturated carbocycles. The maximum absolute atomic E-state index is 10.2. The average Bonchev–Trinajstić information content (AvgIpc) is 2.17. The minimum Gasteiger partial charge on any atom is -0.303 e. The van der Waals surface area contributed by atoms with Crippen LogP contribution in [-0.2, 0) is 4.79 Å². The summed E-state index contributed by atoms with van der Waals surface area (Å²) >= 11 is 1.91. The van der Waals surface area contributed by atoms with Gasteiger partial charge >= 0.3 is 0 Å². The molecule has 2 heteroatoms. The van der Waals surface area contributed by atoms with Crippen LogP contribution in [-0.4, -0.2) is 17.8 Å². The summed E-state index contributed by atoms with van der Waals surface area (Å²) in [7, 11) is 0. The van der Waals surface area contributed by atoms with Crippen molar-refractivity contribution in [2.45, 2.75) is 57.1 Å². The molecule has 0 aliphatic carbocycles. The molecule has 0 aromatic carbocycles. The summed E-state index contributed by atoms with van der Waals surface area (Å²) in [6.45, 7) is 2.23. The molecule has 0 amide bonds. The van der Waals surface area contributed by atoms with Gasteiger partial charge in [-0.05, 0) is 19.1 Å². The van der Waals surface area contributed by atoms with Crippen molar-refractivity contribution in [3.8, 4) is 0 Å². The number of aldehydes is 1. The van der Waals surface area contributed by atoms with Gasteiger partial charge in [-0.1, -0.05) is 32.6 Å². The minimum atomic E-state index is 0.710. The van der Waals surface area contributed by atoms with Gasteiger partial charge in [-0.25, -0.2) is 0 Å². The van der Waals surface area contributed by atoms with Gasteiger partial charge < -0.3 is 4.79 Å². The summed E-state index contributed by atoms with van der Waals surface area (Å²) in [5.74, 6) is 0. The zero-order valence-corrected chi connectivity index (χ0v) is 9.74. The molecule has 0 spiro atoms. The van der Waals surface area contributed by atoms with E-state index in [-0.39, 0.29) is 0 Å². The quantitative estimate of drug-likeness (QED) is 0.419. The van der Waals surface area contributed by atoms with Gasteiger partial charge in [0.05, 0.1) is 0 Å². The van der Waals surface area contributed by atoms with Crippen LogP contribution < -0.4 is 0 Å². The van der Waals surface area contributed by atoms with E-state index in [1.54, 1.807) is 0 Å². The van der Waals surface area contributed by atoms with Crippen LogP contribution in [0, 0.1) is 0 Å². The molecule has 0 radical (unpaired) electrons. The zero-order valence-electron chi connectivity index (χ0n) is 8.92. The van der Waals surface area contributed by atoms with E-state index >= 15 is 0 Å². The highest BCUT2D eigenvalue weighted by molar-refractivity contribution is 7.99. The Morgan fingerprint density at radius 2 is 2.00 bits per heavy atom. The maximum atomic E-state index is 10.2. The second-order valence-corrected chi connectivity index (χ2v) is 4.59. The Hall–Kier alpha value is 0.0200. The Kier molecular flexibility index (Phi) is 10.1. The van der Waals surface area contributed by atoms with Gasteiger partial charge in [0, 0.05) is 11.7 Å². The third kappa shape index (κ3) is 8.35. The maximum Gasteiger partial charge on any atom is 0.120 e. The van der Waals surface area contributed by atoms with Gasteiger partial charge in [-0.2, -0.15) is 11.8 Å². The third-order valence-electron chi connectivity index (χ3n) is 2.32. The molecule has 0 bridgehead atoms. The van der Waals surface area contributed by atoms with Crippen LogP contribution in [0.4, 0.5) is 0 Å². The van der Waals surface area contributed by atoms with Crippen LogP contribution in [0.3, 0.4) is 0 Å². The second kappa shape index (κ2) is 10.1. The number of rotatable bonds is 9. The molecule has 1 unspecified atom stereocenters. The van der Waals surface area contributed by atoms with Crippen molar-refractivity contribution in [1.82, 2.24) is 0 Å². The Labute approximate surface area is 86.7 Å². The lowest BCUT2D eigenvalue weighted by atomic mass is 10.1. The van der Waals surface area contributed by atoms with E-state index in [0.717, 1.165) is 19.1 Å². The molecule has 1 nitrogen and oxygen atoms in total. The van der Waals surface area contributed by atoms with Crippen molar-refractivity contribution >= 4 is 18.0 Å². The summed E-state index contributed by atoms with van der Waals surface area (Å²) < 4.78 is 0. The molecule has 78 valence electrons. The number of carbonyl (C=O) groups excluding carboxylic acids is 1.